The summed E-state index contributed by atoms with van der Waals surface area (Å²) < 4.78 is 0.998. The molecule has 0 bridgehead atoms. The average Bonchev–Trinajstić information content (AvgIpc) is 2.51. The molecule has 3 nitrogen and oxygen atoms in total. The number of halogens is 1. The van der Waals surface area contributed by atoms with E-state index in [0.29, 0.717) is 18.4 Å². The number of aliphatic hydroxyl groups is 1. The van der Waals surface area contributed by atoms with Gasteiger partial charge in [-0.15, -0.1) is 0 Å². The number of rotatable bonds is 5. The van der Waals surface area contributed by atoms with E-state index in [2.05, 4.69) is 21.2 Å². The van der Waals surface area contributed by atoms with Crippen LogP contribution < -0.4 is 5.32 Å². The van der Waals surface area contributed by atoms with Crippen LogP contribution in [0.4, 0.5) is 0 Å². The number of nitrogens with one attached hydrogen (secondary N) is 1. The van der Waals surface area contributed by atoms with Crippen LogP contribution in [-0.2, 0) is 4.79 Å². The first-order valence-corrected chi connectivity index (χ1v) is 8.30. The Morgan fingerprint density at radius 3 is 2.81 bits per heavy atom. The van der Waals surface area contributed by atoms with E-state index in [1.807, 2.05) is 30.3 Å². The number of carbonyl (C=O) groups excluding carboxylic acids is 1. The molecule has 1 saturated carbocycles. The summed E-state index contributed by atoms with van der Waals surface area (Å²) in [6.45, 7) is 0.890. The van der Waals surface area contributed by atoms with Crippen LogP contribution in [0, 0.1) is 11.8 Å². The topological polar surface area (TPSA) is 49.3 Å². The zero-order valence-corrected chi connectivity index (χ0v) is 13.7. The number of hydrogen-bond acceptors (Lipinski definition) is 2. The van der Waals surface area contributed by atoms with Crippen molar-refractivity contribution in [1.82, 2.24) is 5.32 Å². The number of benzene rings is 1. The second kappa shape index (κ2) is 8.35. The van der Waals surface area contributed by atoms with Crippen LogP contribution >= 0.6 is 15.9 Å². The highest BCUT2D eigenvalue weighted by Crippen LogP contribution is 2.29. The van der Waals surface area contributed by atoms with Crippen molar-refractivity contribution in [2.75, 3.05) is 13.2 Å². The summed E-state index contributed by atoms with van der Waals surface area (Å²) >= 11 is 3.41. The van der Waals surface area contributed by atoms with Gasteiger partial charge in [-0.3, -0.25) is 4.79 Å². The second-order valence-corrected chi connectivity index (χ2v) is 6.54. The lowest BCUT2D eigenvalue weighted by Gasteiger charge is -2.30. The van der Waals surface area contributed by atoms with E-state index in [4.69, 9.17) is 0 Å². The Morgan fingerprint density at radius 2 is 2.10 bits per heavy atom. The van der Waals surface area contributed by atoms with Gasteiger partial charge in [0, 0.05) is 23.7 Å². The third-order valence-corrected chi connectivity index (χ3v) is 4.61. The minimum atomic E-state index is -0.0720. The maximum absolute atomic E-state index is 11.9. The Hall–Kier alpha value is -1.13. The van der Waals surface area contributed by atoms with Crippen LogP contribution in [0.15, 0.2) is 34.8 Å². The molecular formula is C17H22BrNO2. The molecule has 0 radical (unpaired) electrons. The molecular weight excluding hydrogens is 330 g/mol. The highest BCUT2D eigenvalue weighted by molar-refractivity contribution is 9.10. The van der Waals surface area contributed by atoms with Gasteiger partial charge in [0.25, 0.3) is 0 Å². The normalized spacial score (nSPS) is 22.4. The summed E-state index contributed by atoms with van der Waals surface area (Å²) in [4.78, 5) is 11.9. The quantitative estimate of drug-likeness (QED) is 0.799. The molecule has 0 spiro atoms. The molecule has 2 N–H and O–H groups in total. The molecule has 1 aromatic carbocycles. The molecule has 0 saturated heterocycles. The Labute approximate surface area is 134 Å². The molecule has 2 unspecified atom stereocenters. The molecule has 2 atom stereocenters. The van der Waals surface area contributed by atoms with Crippen molar-refractivity contribution in [2.24, 2.45) is 11.8 Å². The Kier molecular flexibility index (Phi) is 6.46. The SMILES string of the molecule is O=C(C=Cc1cccc(Br)c1)NCC1CCCCC1CO. The highest BCUT2D eigenvalue weighted by atomic mass is 79.9. The Morgan fingerprint density at radius 1 is 1.33 bits per heavy atom. The van der Waals surface area contributed by atoms with Crippen LogP contribution in [0.5, 0.6) is 0 Å². The van der Waals surface area contributed by atoms with E-state index < -0.39 is 0 Å². The Balaban J connectivity index is 1.81. The number of hydrogen-bond donors (Lipinski definition) is 2. The van der Waals surface area contributed by atoms with E-state index in [0.717, 1.165) is 22.9 Å². The van der Waals surface area contributed by atoms with Gasteiger partial charge >= 0.3 is 0 Å². The Bertz CT molecular complexity index is 501. The van der Waals surface area contributed by atoms with Gasteiger partial charge in [-0.2, -0.15) is 0 Å². The third kappa shape index (κ3) is 5.29. The first-order chi connectivity index (χ1) is 10.2. The summed E-state index contributed by atoms with van der Waals surface area (Å²) in [7, 11) is 0. The van der Waals surface area contributed by atoms with Crippen molar-refractivity contribution >= 4 is 27.9 Å². The van der Waals surface area contributed by atoms with E-state index in [-0.39, 0.29) is 12.5 Å². The highest BCUT2D eigenvalue weighted by Gasteiger charge is 2.24. The van der Waals surface area contributed by atoms with Gasteiger partial charge in [0.2, 0.25) is 5.91 Å². The molecule has 114 valence electrons. The second-order valence-electron chi connectivity index (χ2n) is 5.62. The van der Waals surface area contributed by atoms with Crippen molar-refractivity contribution < 1.29 is 9.90 Å². The van der Waals surface area contributed by atoms with Gasteiger partial charge in [-0.05, 0) is 48.4 Å². The molecule has 0 aromatic heterocycles. The molecule has 1 amide bonds. The lowest BCUT2D eigenvalue weighted by atomic mass is 9.79. The lowest BCUT2D eigenvalue weighted by Crippen LogP contribution is -2.34. The molecule has 0 heterocycles. The lowest BCUT2D eigenvalue weighted by molar-refractivity contribution is -0.116. The van der Waals surface area contributed by atoms with Crippen LogP contribution in [0.1, 0.15) is 31.2 Å². The summed E-state index contributed by atoms with van der Waals surface area (Å²) in [5, 5.41) is 12.3. The van der Waals surface area contributed by atoms with Crippen LogP contribution in [0.2, 0.25) is 0 Å². The number of carbonyl (C=O) groups is 1. The molecule has 4 heteroatoms. The summed E-state index contributed by atoms with van der Waals surface area (Å²) in [5.74, 6) is 0.678. The molecule has 2 rings (SSSR count). The van der Waals surface area contributed by atoms with Crippen molar-refractivity contribution in [3.05, 3.63) is 40.4 Å². The predicted molar refractivity (Wildman–Crippen MR) is 88.7 cm³/mol. The van der Waals surface area contributed by atoms with E-state index in [9.17, 15) is 9.90 Å². The van der Waals surface area contributed by atoms with E-state index >= 15 is 0 Å². The maximum atomic E-state index is 11.9. The monoisotopic (exact) mass is 351 g/mol. The predicted octanol–water partition coefficient (Wildman–Crippen LogP) is 3.38. The summed E-state index contributed by atoms with van der Waals surface area (Å²) in [6, 6.07) is 7.81. The standard InChI is InChI=1S/C17H22BrNO2/c18-16-7-3-4-13(10-16)8-9-17(21)19-11-14-5-1-2-6-15(14)12-20/h3-4,7-10,14-15,20H,1-2,5-6,11-12H2,(H,19,21). The zero-order chi connectivity index (χ0) is 15.1. The van der Waals surface area contributed by atoms with Crippen molar-refractivity contribution in [3.63, 3.8) is 0 Å². The average molecular weight is 352 g/mol. The molecule has 1 aliphatic carbocycles. The van der Waals surface area contributed by atoms with E-state index in [1.54, 1.807) is 6.08 Å². The fourth-order valence-corrected chi connectivity index (χ4v) is 3.28. The third-order valence-electron chi connectivity index (χ3n) is 4.12. The van der Waals surface area contributed by atoms with Gasteiger partial charge in [-0.1, -0.05) is 40.9 Å². The van der Waals surface area contributed by atoms with E-state index in [1.165, 1.54) is 12.8 Å². The van der Waals surface area contributed by atoms with Crippen molar-refractivity contribution in [1.29, 1.82) is 0 Å². The molecule has 1 aliphatic rings. The van der Waals surface area contributed by atoms with Crippen LogP contribution in [-0.4, -0.2) is 24.2 Å². The van der Waals surface area contributed by atoms with Gasteiger partial charge in [0.05, 0.1) is 0 Å². The van der Waals surface area contributed by atoms with Gasteiger partial charge in [0.15, 0.2) is 0 Å². The minimum Gasteiger partial charge on any atom is -0.396 e. The molecule has 0 aliphatic heterocycles. The smallest absolute Gasteiger partial charge is 0.244 e. The molecule has 21 heavy (non-hydrogen) atoms. The van der Waals surface area contributed by atoms with Crippen molar-refractivity contribution in [3.8, 4) is 0 Å². The van der Waals surface area contributed by atoms with Gasteiger partial charge < -0.3 is 10.4 Å². The maximum Gasteiger partial charge on any atom is 0.244 e. The van der Waals surface area contributed by atoms with Gasteiger partial charge in [-0.25, -0.2) is 0 Å². The van der Waals surface area contributed by atoms with Crippen molar-refractivity contribution in [2.45, 2.75) is 25.7 Å². The zero-order valence-electron chi connectivity index (χ0n) is 12.1. The fraction of sp³-hybridized carbons (Fsp3) is 0.471. The largest absolute Gasteiger partial charge is 0.396 e. The van der Waals surface area contributed by atoms with Gasteiger partial charge in [0.1, 0.15) is 0 Å². The van der Waals surface area contributed by atoms with Crippen LogP contribution in [0.25, 0.3) is 6.08 Å². The first-order valence-electron chi connectivity index (χ1n) is 7.51. The number of amides is 1. The fourth-order valence-electron chi connectivity index (χ4n) is 2.87. The summed E-state index contributed by atoms with van der Waals surface area (Å²) in [6.07, 6.45) is 7.94. The molecule has 1 aromatic rings. The first kappa shape index (κ1) is 16.2. The number of aliphatic hydroxyl groups excluding tert-OH is 1. The summed E-state index contributed by atoms with van der Waals surface area (Å²) in [5.41, 5.74) is 0.991. The molecule has 1 fully saturated rings. The minimum absolute atomic E-state index is 0.0720. The van der Waals surface area contributed by atoms with Crippen LogP contribution in [0.3, 0.4) is 0 Å².